The quantitative estimate of drug-likeness (QED) is 0.149. The average molecular weight is 418 g/mol. The standard InChI is InChI=1S/C22H43NO4S/c1-2-3-4-5-6-7-8-9-10-11-12-13-14-15-16-17-19-22(24)23-20-18-21-28(25,26)27/h17,19H,2-16,18,20-21H2,1H3,(H,23,24)(H,25,26,27)/b19-17+. The molecule has 6 heteroatoms. The molecule has 0 aliphatic rings. The number of hydrogen-bond donors (Lipinski definition) is 2. The summed E-state index contributed by atoms with van der Waals surface area (Å²) in [7, 11) is -3.94. The molecule has 0 aromatic carbocycles. The van der Waals surface area contributed by atoms with Gasteiger partial charge in [-0.2, -0.15) is 8.42 Å². The number of carbonyl (C=O) groups is 1. The molecule has 28 heavy (non-hydrogen) atoms. The molecule has 0 aromatic heterocycles. The van der Waals surface area contributed by atoms with Crippen molar-refractivity contribution in [3.8, 4) is 0 Å². The Balaban J connectivity index is 3.27. The first-order chi connectivity index (χ1) is 13.5. The van der Waals surface area contributed by atoms with Crippen molar-refractivity contribution in [3.05, 3.63) is 12.2 Å². The lowest BCUT2D eigenvalue weighted by Gasteiger charge is -2.03. The van der Waals surface area contributed by atoms with Crippen LogP contribution in [-0.2, 0) is 14.9 Å². The van der Waals surface area contributed by atoms with Gasteiger partial charge in [-0.25, -0.2) is 0 Å². The Morgan fingerprint density at radius 2 is 1.25 bits per heavy atom. The Kier molecular flexibility index (Phi) is 18.8. The third-order valence-electron chi connectivity index (χ3n) is 4.87. The lowest BCUT2D eigenvalue weighted by atomic mass is 10.0. The molecule has 166 valence electrons. The van der Waals surface area contributed by atoms with Gasteiger partial charge in [0.25, 0.3) is 10.1 Å². The number of rotatable bonds is 20. The molecule has 0 spiro atoms. The maximum absolute atomic E-state index is 11.5. The molecule has 0 rings (SSSR count). The lowest BCUT2D eigenvalue weighted by molar-refractivity contribution is -0.116. The Morgan fingerprint density at radius 1 is 0.786 bits per heavy atom. The highest BCUT2D eigenvalue weighted by atomic mass is 32.2. The molecular formula is C22H43NO4S. The smallest absolute Gasteiger partial charge is 0.264 e. The Morgan fingerprint density at radius 3 is 1.71 bits per heavy atom. The molecule has 0 radical (unpaired) electrons. The van der Waals surface area contributed by atoms with E-state index >= 15 is 0 Å². The molecule has 0 aliphatic carbocycles. The van der Waals surface area contributed by atoms with Crippen molar-refractivity contribution >= 4 is 16.0 Å². The van der Waals surface area contributed by atoms with E-state index in [9.17, 15) is 13.2 Å². The second kappa shape index (κ2) is 19.4. The van der Waals surface area contributed by atoms with Crippen LogP contribution in [0.3, 0.4) is 0 Å². The van der Waals surface area contributed by atoms with Crippen LogP contribution in [-0.4, -0.2) is 31.2 Å². The zero-order valence-corrected chi connectivity index (χ0v) is 18.8. The van der Waals surface area contributed by atoms with E-state index in [0.29, 0.717) is 0 Å². The van der Waals surface area contributed by atoms with Gasteiger partial charge in [-0.05, 0) is 25.3 Å². The minimum atomic E-state index is -3.94. The first-order valence-corrected chi connectivity index (χ1v) is 13.0. The summed E-state index contributed by atoms with van der Waals surface area (Å²) < 4.78 is 29.7. The van der Waals surface area contributed by atoms with E-state index in [-0.39, 0.29) is 24.6 Å². The largest absolute Gasteiger partial charge is 0.353 e. The van der Waals surface area contributed by atoms with Gasteiger partial charge in [-0.1, -0.05) is 96.5 Å². The first kappa shape index (κ1) is 27.1. The van der Waals surface area contributed by atoms with Crippen molar-refractivity contribution < 1.29 is 17.8 Å². The topological polar surface area (TPSA) is 83.5 Å². The number of amides is 1. The molecule has 5 nitrogen and oxygen atoms in total. The lowest BCUT2D eigenvalue weighted by Crippen LogP contribution is -2.23. The third kappa shape index (κ3) is 23.2. The van der Waals surface area contributed by atoms with Crippen LogP contribution in [0.4, 0.5) is 0 Å². The SMILES string of the molecule is CCCCCCCCCCCCCCCC/C=C/C(=O)NCCCS(=O)(=O)O. The van der Waals surface area contributed by atoms with Crippen LogP contribution in [0.25, 0.3) is 0 Å². The van der Waals surface area contributed by atoms with Gasteiger partial charge in [-0.3, -0.25) is 9.35 Å². The average Bonchev–Trinajstić information content (AvgIpc) is 2.64. The van der Waals surface area contributed by atoms with E-state index in [0.717, 1.165) is 12.8 Å². The van der Waals surface area contributed by atoms with Crippen LogP contribution in [0, 0.1) is 0 Å². The number of allylic oxidation sites excluding steroid dienone is 1. The van der Waals surface area contributed by atoms with Crippen LogP contribution < -0.4 is 5.32 Å². The van der Waals surface area contributed by atoms with E-state index in [1.165, 1.54) is 89.5 Å². The molecule has 0 fully saturated rings. The molecule has 2 N–H and O–H groups in total. The molecule has 0 heterocycles. The normalized spacial score (nSPS) is 11.9. The molecule has 0 saturated heterocycles. The predicted molar refractivity (Wildman–Crippen MR) is 118 cm³/mol. The monoisotopic (exact) mass is 417 g/mol. The molecule has 0 aliphatic heterocycles. The van der Waals surface area contributed by atoms with E-state index < -0.39 is 10.1 Å². The number of nitrogens with one attached hydrogen (secondary N) is 1. The summed E-state index contributed by atoms with van der Waals surface area (Å²) in [5, 5.41) is 2.61. The minimum Gasteiger partial charge on any atom is -0.353 e. The highest BCUT2D eigenvalue weighted by Crippen LogP contribution is 2.13. The van der Waals surface area contributed by atoms with Crippen molar-refractivity contribution in [3.63, 3.8) is 0 Å². The molecule has 0 aromatic rings. The van der Waals surface area contributed by atoms with Crippen molar-refractivity contribution in [1.82, 2.24) is 5.32 Å². The fraction of sp³-hybridized carbons (Fsp3) is 0.864. The maximum Gasteiger partial charge on any atom is 0.264 e. The van der Waals surface area contributed by atoms with Gasteiger partial charge in [0.15, 0.2) is 0 Å². The highest BCUT2D eigenvalue weighted by Gasteiger charge is 2.03. The van der Waals surface area contributed by atoms with E-state index in [1.807, 2.05) is 6.08 Å². The molecule has 0 bridgehead atoms. The Labute approximate surface area is 173 Å². The van der Waals surface area contributed by atoms with Crippen LogP contribution >= 0.6 is 0 Å². The molecular weight excluding hydrogens is 374 g/mol. The van der Waals surface area contributed by atoms with Gasteiger partial charge < -0.3 is 5.32 Å². The minimum absolute atomic E-state index is 0.208. The van der Waals surface area contributed by atoms with E-state index in [2.05, 4.69) is 12.2 Å². The highest BCUT2D eigenvalue weighted by molar-refractivity contribution is 7.85. The fourth-order valence-corrected chi connectivity index (χ4v) is 3.68. The zero-order chi connectivity index (χ0) is 20.9. The van der Waals surface area contributed by atoms with Crippen molar-refractivity contribution in [1.29, 1.82) is 0 Å². The van der Waals surface area contributed by atoms with Gasteiger partial charge in [0.05, 0.1) is 5.75 Å². The van der Waals surface area contributed by atoms with E-state index in [4.69, 9.17) is 4.55 Å². The summed E-state index contributed by atoms with van der Waals surface area (Å²) in [4.78, 5) is 11.5. The second-order valence-corrected chi connectivity index (χ2v) is 9.29. The summed E-state index contributed by atoms with van der Waals surface area (Å²) in [6.07, 6.45) is 23.3. The van der Waals surface area contributed by atoms with Gasteiger partial charge in [-0.15, -0.1) is 0 Å². The first-order valence-electron chi connectivity index (χ1n) is 11.3. The number of hydrogen-bond acceptors (Lipinski definition) is 3. The summed E-state index contributed by atoms with van der Waals surface area (Å²) >= 11 is 0. The maximum atomic E-state index is 11.5. The van der Waals surface area contributed by atoms with Gasteiger partial charge in [0, 0.05) is 6.54 Å². The Hall–Kier alpha value is -0.880. The van der Waals surface area contributed by atoms with Crippen molar-refractivity contribution in [2.45, 2.75) is 110 Å². The van der Waals surface area contributed by atoms with Gasteiger partial charge in [0.2, 0.25) is 5.91 Å². The third-order valence-corrected chi connectivity index (χ3v) is 5.68. The Bertz CT molecular complexity index is 489. The molecule has 1 amide bonds. The fourth-order valence-electron chi connectivity index (χ4n) is 3.17. The molecule has 0 saturated carbocycles. The summed E-state index contributed by atoms with van der Waals surface area (Å²) in [5.74, 6) is -0.531. The van der Waals surface area contributed by atoms with Gasteiger partial charge >= 0.3 is 0 Å². The molecule has 0 atom stereocenters. The van der Waals surface area contributed by atoms with Crippen LogP contribution in [0.5, 0.6) is 0 Å². The number of unbranched alkanes of at least 4 members (excludes halogenated alkanes) is 14. The summed E-state index contributed by atoms with van der Waals surface area (Å²) in [6, 6.07) is 0. The van der Waals surface area contributed by atoms with Crippen molar-refractivity contribution in [2.24, 2.45) is 0 Å². The van der Waals surface area contributed by atoms with Crippen molar-refractivity contribution in [2.75, 3.05) is 12.3 Å². The molecule has 0 unspecified atom stereocenters. The van der Waals surface area contributed by atoms with Crippen LogP contribution in [0.1, 0.15) is 110 Å². The summed E-state index contributed by atoms with van der Waals surface area (Å²) in [5.41, 5.74) is 0. The number of carbonyl (C=O) groups excluding carboxylic acids is 1. The zero-order valence-electron chi connectivity index (χ0n) is 18.0. The second-order valence-electron chi connectivity index (χ2n) is 7.72. The van der Waals surface area contributed by atoms with Crippen LogP contribution in [0.2, 0.25) is 0 Å². The predicted octanol–water partition coefficient (Wildman–Crippen LogP) is 5.81. The summed E-state index contributed by atoms with van der Waals surface area (Å²) in [6.45, 7) is 2.51. The van der Waals surface area contributed by atoms with Gasteiger partial charge in [0.1, 0.15) is 0 Å². The van der Waals surface area contributed by atoms with E-state index in [1.54, 1.807) is 0 Å². The van der Waals surface area contributed by atoms with Crippen LogP contribution in [0.15, 0.2) is 12.2 Å².